The van der Waals surface area contributed by atoms with Gasteiger partial charge in [0.1, 0.15) is 0 Å². The molecule has 3 aromatic rings. The Morgan fingerprint density at radius 1 is 1.13 bits per heavy atom. The third-order valence-electron chi connectivity index (χ3n) is 5.14. The molecule has 1 aromatic heterocycles. The molecule has 162 valence electrons. The molecule has 2 heterocycles. The highest BCUT2D eigenvalue weighted by atomic mass is 35.5. The zero-order valence-corrected chi connectivity index (χ0v) is 18.8. The van der Waals surface area contributed by atoms with Crippen molar-refractivity contribution in [1.29, 1.82) is 0 Å². The summed E-state index contributed by atoms with van der Waals surface area (Å²) in [4.78, 5) is 17.1. The SMILES string of the molecule is CCN1CCN(c2ccc(NC(=O)CSc3nnc(-c4cccc(Cl)c4)o3)cc2)CC1. The van der Waals surface area contributed by atoms with Gasteiger partial charge < -0.3 is 19.5 Å². The number of aromatic nitrogens is 2. The van der Waals surface area contributed by atoms with Gasteiger partial charge in [-0.2, -0.15) is 0 Å². The Morgan fingerprint density at radius 3 is 2.61 bits per heavy atom. The molecule has 1 saturated heterocycles. The lowest BCUT2D eigenvalue weighted by molar-refractivity contribution is -0.113. The van der Waals surface area contributed by atoms with Crippen molar-refractivity contribution < 1.29 is 9.21 Å². The first kappa shape index (κ1) is 21.7. The number of carbonyl (C=O) groups is 1. The fourth-order valence-corrected chi connectivity index (χ4v) is 4.16. The van der Waals surface area contributed by atoms with Crippen molar-refractivity contribution in [3.05, 3.63) is 53.6 Å². The zero-order chi connectivity index (χ0) is 21.6. The lowest BCUT2D eigenvalue weighted by atomic mass is 10.2. The molecule has 1 aliphatic heterocycles. The molecule has 1 N–H and O–H groups in total. The number of nitrogens with one attached hydrogen (secondary N) is 1. The summed E-state index contributed by atoms with van der Waals surface area (Å²) in [6.45, 7) is 7.52. The second-order valence-corrected chi connectivity index (χ2v) is 8.55. The molecular weight excluding hydrogens is 434 g/mol. The number of nitrogens with zero attached hydrogens (tertiary/aromatic N) is 4. The van der Waals surface area contributed by atoms with Crippen molar-refractivity contribution in [3.8, 4) is 11.5 Å². The number of likely N-dealkylation sites (N-methyl/N-ethyl adjacent to an activating group) is 1. The average molecular weight is 458 g/mol. The molecule has 4 rings (SSSR count). The Labute approximate surface area is 190 Å². The van der Waals surface area contributed by atoms with E-state index in [2.05, 4.69) is 44.4 Å². The normalized spacial score (nSPS) is 14.6. The monoisotopic (exact) mass is 457 g/mol. The van der Waals surface area contributed by atoms with Crippen LogP contribution in [-0.4, -0.2) is 59.5 Å². The molecule has 0 spiro atoms. The third kappa shape index (κ3) is 5.78. The highest BCUT2D eigenvalue weighted by molar-refractivity contribution is 7.99. The number of piperazine rings is 1. The van der Waals surface area contributed by atoms with Gasteiger partial charge in [-0.1, -0.05) is 36.4 Å². The lowest BCUT2D eigenvalue weighted by Gasteiger charge is -2.35. The van der Waals surface area contributed by atoms with Crippen molar-refractivity contribution in [2.75, 3.05) is 48.7 Å². The topological polar surface area (TPSA) is 74.5 Å². The van der Waals surface area contributed by atoms with Crippen molar-refractivity contribution in [2.24, 2.45) is 0 Å². The van der Waals surface area contributed by atoms with Gasteiger partial charge in [-0.05, 0) is 49.0 Å². The van der Waals surface area contributed by atoms with Gasteiger partial charge in [-0.3, -0.25) is 4.79 Å². The van der Waals surface area contributed by atoms with Gasteiger partial charge in [0.2, 0.25) is 11.8 Å². The molecule has 1 amide bonds. The van der Waals surface area contributed by atoms with E-state index in [1.54, 1.807) is 12.1 Å². The van der Waals surface area contributed by atoms with Crippen LogP contribution in [0.15, 0.2) is 58.2 Å². The van der Waals surface area contributed by atoms with Gasteiger partial charge in [-0.15, -0.1) is 10.2 Å². The van der Waals surface area contributed by atoms with Crippen molar-refractivity contribution >= 4 is 40.6 Å². The van der Waals surface area contributed by atoms with E-state index in [-0.39, 0.29) is 11.7 Å². The summed E-state index contributed by atoms with van der Waals surface area (Å²) in [7, 11) is 0. The van der Waals surface area contributed by atoms with Crippen molar-refractivity contribution in [3.63, 3.8) is 0 Å². The van der Waals surface area contributed by atoms with E-state index in [0.29, 0.717) is 16.1 Å². The summed E-state index contributed by atoms with van der Waals surface area (Å²) in [5.74, 6) is 0.426. The van der Waals surface area contributed by atoms with Crippen LogP contribution < -0.4 is 10.2 Å². The largest absolute Gasteiger partial charge is 0.411 e. The van der Waals surface area contributed by atoms with Crippen LogP contribution in [0.3, 0.4) is 0 Å². The fraction of sp³-hybridized carbons (Fsp3) is 0.318. The molecule has 9 heteroatoms. The molecule has 0 bridgehead atoms. The van der Waals surface area contributed by atoms with E-state index in [9.17, 15) is 4.79 Å². The van der Waals surface area contributed by atoms with E-state index in [4.69, 9.17) is 16.0 Å². The first-order valence-electron chi connectivity index (χ1n) is 10.2. The predicted molar refractivity (Wildman–Crippen MR) is 125 cm³/mol. The minimum Gasteiger partial charge on any atom is -0.411 e. The quantitative estimate of drug-likeness (QED) is 0.531. The summed E-state index contributed by atoms with van der Waals surface area (Å²) < 4.78 is 5.62. The lowest BCUT2D eigenvalue weighted by Crippen LogP contribution is -2.46. The molecule has 0 saturated carbocycles. The summed E-state index contributed by atoms with van der Waals surface area (Å²) in [5, 5.41) is 11.9. The van der Waals surface area contributed by atoms with Crippen LogP contribution in [0.2, 0.25) is 5.02 Å². The van der Waals surface area contributed by atoms with E-state index in [0.717, 1.165) is 44.0 Å². The van der Waals surface area contributed by atoms with Gasteiger partial charge in [0, 0.05) is 48.1 Å². The van der Waals surface area contributed by atoms with Crippen LogP contribution in [0, 0.1) is 0 Å². The Hall–Kier alpha value is -2.55. The Bertz CT molecular complexity index is 1020. The molecule has 31 heavy (non-hydrogen) atoms. The number of hydrogen-bond acceptors (Lipinski definition) is 7. The third-order valence-corrected chi connectivity index (χ3v) is 6.19. The second kappa shape index (κ2) is 10.2. The maximum absolute atomic E-state index is 12.3. The van der Waals surface area contributed by atoms with Crippen LogP contribution in [0.4, 0.5) is 11.4 Å². The van der Waals surface area contributed by atoms with Crippen LogP contribution in [0.25, 0.3) is 11.5 Å². The standard InChI is InChI=1S/C22H24ClN5O2S/c1-2-27-10-12-28(13-11-27)19-8-6-18(7-9-19)24-20(29)15-31-22-26-25-21(30-22)16-4-3-5-17(23)14-16/h3-9,14H,2,10-13,15H2,1H3,(H,24,29). The maximum atomic E-state index is 12.3. The molecule has 1 fully saturated rings. The predicted octanol–water partition coefficient (Wildman–Crippen LogP) is 4.26. The number of hydrogen-bond donors (Lipinski definition) is 1. The van der Waals surface area contributed by atoms with Gasteiger partial charge in [0.15, 0.2) is 0 Å². The molecule has 1 aliphatic rings. The molecular formula is C22H24ClN5O2S. The minimum absolute atomic E-state index is 0.128. The van der Waals surface area contributed by atoms with Crippen LogP contribution in [0.1, 0.15) is 6.92 Å². The Morgan fingerprint density at radius 2 is 1.90 bits per heavy atom. The highest BCUT2D eigenvalue weighted by Crippen LogP contribution is 2.25. The number of halogens is 1. The Balaban J connectivity index is 1.26. The van der Waals surface area contributed by atoms with E-state index >= 15 is 0 Å². The number of benzene rings is 2. The van der Waals surface area contributed by atoms with E-state index in [1.807, 2.05) is 24.3 Å². The number of amides is 1. The van der Waals surface area contributed by atoms with Gasteiger partial charge in [0.25, 0.3) is 5.22 Å². The summed E-state index contributed by atoms with van der Waals surface area (Å²) in [5.41, 5.74) is 2.70. The first-order chi connectivity index (χ1) is 15.1. The molecule has 0 unspecified atom stereocenters. The molecule has 0 aliphatic carbocycles. The van der Waals surface area contributed by atoms with Crippen molar-refractivity contribution in [2.45, 2.75) is 12.1 Å². The van der Waals surface area contributed by atoms with Gasteiger partial charge >= 0.3 is 0 Å². The second-order valence-electron chi connectivity index (χ2n) is 7.19. The van der Waals surface area contributed by atoms with Crippen molar-refractivity contribution in [1.82, 2.24) is 15.1 Å². The first-order valence-corrected chi connectivity index (χ1v) is 11.6. The van der Waals surface area contributed by atoms with Crippen LogP contribution >= 0.6 is 23.4 Å². The van der Waals surface area contributed by atoms with Gasteiger partial charge in [0.05, 0.1) is 5.75 Å². The van der Waals surface area contributed by atoms with E-state index in [1.165, 1.54) is 17.4 Å². The van der Waals surface area contributed by atoms with E-state index < -0.39 is 0 Å². The molecule has 7 nitrogen and oxygen atoms in total. The smallest absolute Gasteiger partial charge is 0.277 e. The summed E-state index contributed by atoms with van der Waals surface area (Å²) >= 11 is 7.19. The molecule has 0 atom stereocenters. The molecule has 0 radical (unpaired) electrons. The van der Waals surface area contributed by atoms with Crippen LogP contribution in [0.5, 0.6) is 0 Å². The minimum atomic E-state index is -0.128. The zero-order valence-electron chi connectivity index (χ0n) is 17.3. The number of anilines is 2. The Kier molecular flexibility index (Phi) is 7.11. The summed E-state index contributed by atoms with van der Waals surface area (Å²) in [6, 6.07) is 15.2. The van der Waals surface area contributed by atoms with Crippen LogP contribution in [-0.2, 0) is 4.79 Å². The number of carbonyl (C=O) groups excluding carboxylic acids is 1. The highest BCUT2D eigenvalue weighted by Gasteiger charge is 2.16. The molecule has 2 aromatic carbocycles. The summed E-state index contributed by atoms with van der Waals surface area (Å²) in [6.07, 6.45) is 0. The maximum Gasteiger partial charge on any atom is 0.277 e. The fourth-order valence-electron chi connectivity index (χ4n) is 3.41. The average Bonchev–Trinajstić information content (AvgIpc) is 3.28. The van der Waals surface area contributed by atoms with Gasteiger partial charge in [-0.25, -0.2) is 0 Å². The number of rotatable bonds is 7. The number of thioether (sulfide) groups is 1.